The molecule has 5 heteroatoms. The van der Waals surface area contributed by atoms with E-state index in [4.69, 9.17) is 5.73 Å². The van der Waals surface area contributed by atoms with Gasteiger partial charge in [0.1, 0.15) is 11.4 Å². The maximum atomic E-state index is 11.9. The van der Waals surface area contributed by atoms with E-state index in [1.54, 1.807) is 36.0 Å². The van der Waals surface area contributed by atoms with Crippen LogP contribution in [0.15, 0.2) is 36.5 Å². The van der Waals surface area contributed by atoms with Gasteiger partial charge in [0, 0.05) is 25.0 Å². The van der Waals surface area contributed by atoms with Crippen molar-refractivity contribution >= 4 is 17.3 Å². The lowest BCUT2D eigenvalue weighted by molar-refractivity contribution is 0.101. The normalized spacial score (nSPS) is 10.2. The quantitative estimate of drug-likeness (QED) is 0.733. The zero-order valence-electron chi connectivity index (χ0n) is 9.34. The van der Waals surface area contributed by atoms with Gasteiger partial charge in [0.25, 0.3) is 5.91 Å². The van der Waals surface area contributed by atoms with Gasteiger partial charge in [-0.05, 0) is 18.2 Å². The smallest absolute Gasteiger partial charge is 0.272 e. The molecule has 0 saturated carbocycles. The third kappa shape index (κ3) is 2.39. The Labute approximate surface area is 98.5 Å². The Hall–Kier alpha value is -2.43. The second-order valence-electron chi connectivity index (χ2n) is 3.77. The summed E-state index contributed by atoms with van der Waals surface area (Å²) in [6.45, 7) is 0. The average molecular weight is 231 g/mol. The number of aromatic hydroxyl groups is 1. The van der Waals surface area contributed by atoms with E-state index in [0.29, 0.717) is 17.1 Å². The molecule has 1 heterocycles. The average Bonchev–Trinajstić information content (AvgIpc) is 2.58. The fourth-order valence-electron chi connectivity index (χ4n) is 1.59. The van der Waals surface area contributed by atoms with Gasteiger partial charge in [-0.15, -0.1) is 0 Å². The second kappa shape index (κ2) is 4.21. The van der Waals surface area contributed by atoms with E-state index in [1.807, 2.05) is 0 Å². The van der Waals surface area contributed by atoms with Crippen molar-refractivity contribution in [3.8, 4) is 5.75 Å². The Morgan fingerprint density at radius 1 is 1.41 bits per heavy atom. The summed E-state index contributed by atoms with van der Waals surface area (Å²) in [6.07, 6.45) is 1.66. The first-order valence-corrected chi connectivity index (χ1v) is 5.08. The summed E-state index contributed by atoms with van der Waals surface area (Å²) in [7, 11) is 1.74. The Bertz CT molecular complexity index is 561. The lowest BCUT2D eigenvalue weighted by Gasteiger charge is -2.06. The van der Waals surface area contributed by atoms with Crippen LogP contribution < -0.4 is 11.1 Å². The number of hydrogen-bond donors (Lipinski definition) is 3. The highest BCUT2D eigenvalue weighted by atomic mass is 16.3. The molecule has 88 valence electrons. The van der Waals surface area contributed by atoms with Crippen molar-refractivity contribution in [2.24, 2.45) is 7.05 Å². The number of carbonyl (C=O) groups is 1. The van der Waals surface area contributed by atoms with E-state index < -0.39 is 0 Å². The van der Waals surface area contributed by atoms with E-state index in [2.05, 4.69) is 5.32 Å². The zero-order chi connectivity index (χ0) is 12.4. The number of anilines is 2. The number of phenolic OH excluding ortho intramolecular Hbond substituents is 1. The van der Waals surface area contributed by atoms with Crippen molar-refractivity contribution < 1.29 is 9.90 Å². The lowest BCUT2D eigenvalue weighted by atomic mass is 10.3. The van der Waals surface area contributed by atoms with Crippen LogP contribution in [0.2, 0.25) is 0 Å². The highest BCUT2D eigenvalue weighted by Gasteiger charge is 2.10. The summed E-state index contributed by atoms with van der Waals surface area (Å²) >= 11 is 0. The first-order valence-electron chi connectivity index (χ1n) is 5.08. The van der Waals surface area contributed by atoms with Crippen molar-refractivity contribution in [1.82, 2.24) is 4.57 Å². The number of hydrogen-bond acceptors (Lipinski definition) is 3. The van der Waals surface area contributed by atoms with Gasteiger partial charge in [-0.25, -0.2) is 0 Å². The minimum absolute atomic E-state index is 0.106. The van der Waals surface area contributed by atoms with Crippen LogP contribution in [-0.2, 0) is 7.05 Å². The van der Waals surface area contributed by atoms with Crippen LogP contribution in [-0.4, -0.2) is 15.6 Å². The summed E-state index contributed by atoms with van der Waals surface area (Å²) in [5.74, 6) is -0.163. The fraction of sp³-hybridized carbons (Fsp3) is 0.0833. The van der Waals surface area contributed by atoms with Crippen molar-refractivity contribution in [1.29, 1.82) is 0 Å². The van der Waals surface area contributed by atoms with Gasteiger partial charge in [-0.2, -0.15) is 0 Å². The molecule has 0 aliphatic rings. The molecule has 0 aliphatic carbocycles. The largest absolute Gasteiger partial charge is 0.508 e. The number of aromatic nitrogens is 1. The van der Waals surface area contributed by atoms with Crippen LogP contribution in [0.3, 0.4) is 0 Å². The summed E-state index contributed by atoms with van der Waals surface area (Å²) in [5, 5.41) is 12.0. The number of benzene rings is 1. The minimum Gasteiger partial charge on any atom is -0.508 e. The Morgan fingerprint density at radius 3 is 2.76 bits per heavy atom. The van der Waals surface area contributed by atoms with Gasteiger partial charge >= 0.3 is 0 Å². The highest BCUT2D eigenvalue weighted by molar-refractivity contribution is 6.03. The topological polar surface area (TPSA) is 80.3 Å². The lowest BCUT2D eigenvalue weighted by Crippen LogP contribution is -2.15. The van der Waals surface area contributed by atoms with E-state index in [-0.39, 0.29) is 11.7 Å². The number of nitrogens with one attached hydrogen (secondary N) is 1. The van der Waals surface area contributed by atoms with Crippen LogP contribution in [0.5, 0.6) is 5.75 Å². The number of aryl methyl sites for hydroxylation is 1. The third-order valence-electron chi connectivity index (χ3n) is 2.36. The van der Waals surface area contributed by atoms with Gasteiger partial charge in [0.2, 0.25) is 0 Å². The molecule has 0 fully saturated rings. The standard InChI is InChI=1S/C12H13N3O2/c1-15-7-8(13)5-11(15)12(17)14-9-3-2-4-10(16)6-9/h2-7,16H,13H2,1H3,(H,14,17). The Balaban J connectivity index is 2.20. The maximum Gasteiger partial charge on any atom is 0.272 e. The predicted octanol–water partition coefficient (Wildman–Crippen LogP) is 1.57. The van der Waals surface area contributed by atoms with Crippen molar-refractivity contribution in [3.05, 3.63) is 42.2 Å². The summed E-state index contributed by atoms with van der Waals surface area (Å²) in [5.41, 5.74) is 7.13. The molecule has 1 amide bonds. The third-order valence-corrected chi connectivity index (χ3v) is 2.36. The van der Waals surface area contributed by atoms with Gasteiger partial charge in [-0.1, -0.05) is 6.07 Å². The molecule has 0 bridgehead atoms. The number of carbonyl (C=O) groups excluding carboxylic acids is 1. The number of nitrogens with zero attached hydrogens (tertiary/aromatic N) is 1. The molecule has 0 radical (unpaired) electrons. The minimum atomic E-state index is -0.269. The SMILES string of the molecule is Cn1cc(N)cc1C(=O)Nc1cccc(O)c1. The van der Waals surface area contributed by atoms with Crippen LogP contribution in [0.25, 0.3) is 0 Å². The number of rotatable bonds is 2. The second-order valence-corrected chi connectivity index (χ2v) is 3.77. The van der Waals surface area contributed by atoms with Gasteiger partial charge < -0.3 is 20.7 Å². The molecule has 5 nitrogen and oxygen atoms in total. The van der Waals surface area contributed by atoms with Crippen LogP contribution >= 0.6 is 0 Å². The van der Waals surface area contributed by atoms with Gasteiger partial charge in [0.05, 0.1) is 5.69 Å². The van der Waals surface area contributed by atoms with Crippen molar-refractivity contribution in [2.45, 2.75) is 0 Å². The molecular weight excluding hydrogens is 218 g/mol. The van der Waals surface area contributed by atoms with Crippen molar-refractivity contribution in [2.75, 3.05) is 11.1 Å². The first kappa shape index (κ1) is 11.1. The van der Waals surface area contributed by atoms with E-state index in [1.165, 1.54) is 12.1 Å². The summed E-state index contributed by atoms with van der Waals surface area (Å²) in [6, 6.07) is 7.96. The molecule has 0 spiro atoms. The molecule has 4 N–H and O–H groups in total. The number of phenols is 1. The predicted molar refractivity (Wildman–Crippen MR) is 65.9 cm³/mol. The van der Waals surface area contributed by atoms with Crippen molar-refractivity contribution in [3.63, 3.8) is 0 Å². The molecular formula is C12H13N3O2. The molecule has 0 saturated heterocycles. The molecule has 1 aromatic heterocycles. The molecule has 2 aromatic rings. The molecule has 1 aromatic carbocycles. The van der Waals surface area contributed by atoms with E-state index in [0.717, 1.165) is 0 Å². The number of amides is 1. The van der Waals surface area contributed by atoms with E-state index >= 15 is 0 Å². The number of nitrogen functional groups attached to an aromatic ring is 1. The Morgan fingerprint density at radius 2 is 2.18 bits per heavy atom. The van der Waals surface area contributed by atoms with E-state index in [9.17, 15) is 9.90 Å². The fourth-order valence-corrected chi connectivity index (χ4v) is 1.59. The van der Waals surface area contributed by atoms with Gasteiger partial charge in [-0.3, -0.25) is 4.79 Å². The molecule has 0 atom stereocenters. The molecule has 0 unspecified atom stereocenters. The maximum absolute atomic E-state index is 11.9. The summed E-state index contributed by atoms with van der Waals surface area (Å²) < 4.78 is 1.65. The van der Waals surface area contributed by atoms with Crippen LogP contribution in [0.1, 0.15) is 10.5 Å². The van der Waals surface area contributed by atoms with Crippen LogP contribution in [0, 0.1) is 0 Å². The van der Waals surface area contributed by atoms with Crippen LogP contribution in [0.4, 0.5) is 11.4 Å². The first-order chi connectivity index (χ1) is 8.06. The number of nitrogens with two attached hydrogens (primary N) is 1. The Kier molecular flexibility index (Phi) is 2.74. The molecule has 17 heavy (non-hydrogen) atoms. The highest BCUT2D eigenvalue weighted by Crippen LogP contribution is 2.17. The summed E-state index contributed by atoms with van der Waals surface area (Å²) in [4.78, 5) is 11.9. The molecule has 0 aliphatic heterocycles. The monoisotopic (exact) mass is 231 g/mol. The zero-order valence-corrected chi connectivity index (χ0v) is 9.34. The van der Waals surface area contributed by atoms with Gasteiger partial charge in [0.15, 0.2) is 0 Å². The molecule has 2 rings (SSSR count).